The number of nitrogens with two attached hydrogens (primary N) is 1. The van der Waals surface area contributed by atoms with E-state index in [0.717, 1.165) is 32.9 Å². The van der Waals surface area contributed by atoms with Crippen LogP contribution in [-0.2, 0) is 17.8 Å². The molecule has 0 saturated heterocycles. The molecule has 2 heterocycles. The van der Waals surface area contributed by atoms with Gasteiger partial charge in [0.15, 0.2) is 0 Å². The van der Waals surface area contributed by atoms with Crippen molar-refractivity contribution in [1.82, 2.24) is 10.2 Å². The van der Waals surface area contributed by atoms with Crippen LogP contribution >= 0.6 is 0 Å². The molecular weight excluding hydrogens is 325 g/mol. The Morgan fingerprint density at radius 1 is 1.23 bits per heavy atom. The van der Waals surface area contributed by atoms with Crippen LogP contribution in [0.5, 0.6) is 0 Å². The van der Waals surface area contributed by atoms with Gasteiger partial charge in [-0.25, -0.2) is 0 Å². The number of ketones is 1. The standard InChI is InChI=1S/C20H20BN3O2/c22-10-18(15-3-4-17-12-24-21(26)19(17)9-15)20(25)8-13-1-2-16-11-23-6-5-14(16)7-13/h1-7,9,11,18,24,26H,8,10,12,22H2. The molecule has 5 nitrogen and oxygen atoms in total. The molecule has 0 spiro atoms. The number of Topliss-reactive ketones (excluding diaryl/α,β-unsaturated/α-hetero) is 1. The number of rotatable bonds is 5. The summed E-state index contributed by atoms with van der Waals surface area (Å²) in [6.07, 6.45) is 3.89. The van der Waals surface area contributed by atoms with Gasteiger partial charge in [0.05, 0.1) is 5.92 Å². The van der Waals surface area contributed by atoms with Crippen LogP contribution in [0.1, 0.15) is 22.6 Å². The zero-order valence-electron chi connectivity index (χ0n) is 14.4. The summed E-state index contributed by atoms with van der Waals surface area (Å²) >= 11 is 0. The largest absolute Gasteiger partial charge is 0.433 e. The van der Waals surface area contributed by atoms with Crippen molar-refractivity contribution >= 4 is 29.1 Å². The summed E-state index contributed by atoms with van der Waals surface area (Å²) in [6, 6.07) is 13.7. The topological polar surface area (TPSA) is 88.2 Å². The first-order valence-corrected chi connectivity index (χ1v) is 8.75. The van der Waals surface area contributed by atoms with Gasteiger partial charge in [-0.2, -0.15) is 0 Å². The lowest BCUT2D eigenvalue weighted by molar-refractivity contribution is -0.119. The van der Waals surface area contributed by atoms with Crippen LogP contribution in [0.4, 0.5) is 0 Å². The van der Waals surface area contributed by atoms with Crippen LogP contribution in [0.25, 0.3) is 10.8 Å². The lowest BCUT2D eigenvalue weighted by atomic mass is 9.74. The molecule has 1 unspecified atom stereocenters. The maximum absolute atomic E-state index is 12.9. The third kappa shape index (κ3) is 3.14. The average Bonchev–Trinajstić information content (AvgIpc) is 3.03. The molecular formula is C20H20BN3O2. The molecule has 0 fully saturated rings. The number of hydrogen-bond acceptors (Lipinski definition) is 5. The Hall–Kier alpha value is -2.54. The number of hydrogen-bond donors (Lipinski definition) is 3. The van der Waals surface area contributed by atoms with Crippen molar-refractivity contribution < 1.29 is 9.82 Å². The van der Waals surface area contributed by atoms with Crippen LogP contribution in [0.3, 0.4) is 0 Å². The second-order valence-corrected chi connectivity index (χ2v) is 6.73. The van der Waals surface area contributed by atoms with Gasteiger partial charge in [0, 0.05) is 37.3 Å². The molecule has 6 heteroatoms. The average molecular weight is 345 g/mol. The smallest absolute Gasteiger partial charge is 0.413 e. The van der Waals surface area contributed by atoms with Gasteiger partial charge >= 0.3 is 7.05 Å². The Kier molecular flexibility index (Phi) is 4.55. The Bertz CT molecular complexity index is 976. The van der Waals surface area contributed by atoms with Gasteiger partial charge in [-0.05, 0) is 33.6 Å². The first-order valence-electron chi connectivity index (χ1n) is 8.75. The Balaban J connectivity index is 1.58. The fourth-order valence-corrected chi connectivity index (χ4v) is 3.58. The highest BCUT2D eigenvalue weighted by Crippen LogP contribution is 2.21. The molecule has 130 valence electrons. The van der Waals surface area contributed by atoms with Crippen molar-refractivity contribution in [1.29, 1.82) is 0 Å². The van der Waals surface area contributed by atoms with Gasteiger partial charge < -0.3 is 16.0 Å². The van der Waals surface area contributed by atoms with Gasteiger partial charge in [0.25, 0.3) is 0 Å². The number of nitrogens with zero attached hydrogens (tertiary/aromatic N) is 1. The first-order chi connectivity index (χ1) is 12.7. The Labute approximate surface area is 152 Å². The van der Waals surface area contributed by atoms with Crippen molar-refractivity contribution in [3.8, 4) is 0 Å². The SMILES string of the molecule is NCC(C(=O)Cc1ccc2cnccc2c1)c1ccc2c(c1)B(O)NC2. The maximum Gasteiger partial charge on any atom is 0.413 e. The summed E-state index contributed by atoms with van der Waals surface area (Å²) in [6.45, 7) is 0.891. The summed E-state index contributed by atoms with van der Waals surface area (Å²) in [4.78, 5) is 17.0. The van der Waals surface area contributed by atoms with Crippen molar-refractivity contribution in [3.05, 3.63) is 71.5 Å². The lowest BCUT2D eigenvalue weighted by Gasteiger charge is -2.16. The zero-order chi connectivity index (χ0) is 18.1. The number of carbonyl (C=O) groups is 1. The van der Waals surface area contributed by atoms with E-state index in [9.17, 15) is 9.82 Å². The molecule has 4 N–H and O–H groups in total. The first kappa shape index (κ1) is 16.9. The van der Waals surface area contributed by atoms with E-state index in [1.165, 1.54) is 0 Å². The molecule has 1 aromatic heterocycles. The van der Waals surface area contributed by atoms with Crippen LogP contribution < -0.4 is 16.4 Å². The highest BCUT2D eigenvalue weighted by Gasteiger charge is 2.27. The fraction of sp³-hybridized carbons (Fsp3) is 0.200. The predicted octanol–water partition coefficient (Wildman–Crippen LogP) is 0.880. The summed E-state index contributed by atoms with van der Waals surface area (Å²) in [7, 11) is -0.674. The molecule has 2 aromatic carbocycles. The minimum atomic E-state index is -0.674. The molecule has 0 saturated carbocycles. The molecule has 1 aliphatic heterocycles. The second-order valence-electron chi connectivity index (χ2n) is 6.73. The quantitative estimate of drug-likeness (QED) is 0.598. The molecule has 0 amide bonds. The van der Waals surface area contributed by atoms with Gasteiger partial charge in [-0.1, -0.05) is 36.4 Å². The molecule has 0 bridgehead atoms. The van der Waals surface area contributed by atoms with E-state index in [1.807, 2.05) is 48.7 Å². The van der Waals surface area contributed by atoms with Crippen molar-refractivity contribution in [2.75, 3.05) is 6.54 Å². The third-order valence-electron chi connectivity index (χ3n) is 5.06. The Morgan fingerprint density at radius 2 is 2.12 bits per heavy atom. The highest BCUT2D eigenvalue weighted by molar-refractivity contribution is 6.65. The highest BCUT2D eigenvalue weighted by atomic mass is 16.2. The van der Waals surface area contributed by atoms with Crippen molar-refractivity contribution in [3.63, 3.8) is 0 Å². The molecule has 0 aliphatic carbocycles. The van der Waals surface area contributed by atoms with E-state index >= 15 is 0 Å². The van der Waals surface area contributed by atoms with Gasteiger partial charge in [0.2, 0.25) is 0 Å². The molecule has 0 radical (unpaired) electrons. The monoisotopic (exact) mass is 345 g/mol. The minimum absolute atomic E-state index is 0.0845. The van der Waals surface area contributed by atoms with Crippen LogP contribution in [0.15, 0.2) is 54.9 Å². The summed E-state index contributed by atoms with van der Waals surface area (Å²) < 4.78 is 0. The number of pyridine rings is 1. The third-order valence-corrected chi connectivity index (χ3v) is 5.06. The van der Waals surface area contributed by atoms with E-state index in [0.29, 0.717) is 13.0 Å². The van der Waals surface area contributed by atoms with Gasteiger partial charge in [-0.15, -0.1) is 0 Å². The van der Waals surface area contributed by atoms with E-state index in [4.69, 9.17) is 5.73 Å². The van der Waals surface area contributed by atoms with E-state index in [1.54, 1.807) is 6.20 Å². The molecule has 26 heavy (non-hydrogen) atoms. The number of carbonyl (C=O) groups excluding carboxylic acids is 1. The van der Waals surface area contributed by atoms with Crippen LogP contribution in [-0.4, -0.2) is 29.4 Å². The minimum Gasteiger partial charge on any atom is -0.433 e. The normalized spacial score (nSPS) is 14.5. The number of fused-ring (bicyclic) bond motifs is 2. The zero-order valence-corrected chi connectivity index (χ0v) is 14.4. The summed E-state index contributed by atoms with van der Waals surface area (Å²) in [5, 5.41) is 15.1. The van der Waals surface area contributed by atoms with Crippen molar-refractivity contribution in [2.45, 2.75) is 18.9 Å². The van der Waals surface area contributed by atoms with Crippen LogP contribution in [0.2, 0.25) is 0 Å². The number of benzene rings is 2. The maximum atomic E-state index is 12.9. The molecule has 1 atom stereocenters. The van der Waals surface area contributed by atoms with Gasteiger partial charge in [0.1, 0.15) is 5.78 Å². The summed E-state index contributed by atoms with van der Waals surface area (Å²) in [5.74, 6) is -0.289. The second kappa shape index (κ2) is 7.00. The number of aromatic nitrogens is 1. The lowest BCUT2D eigenvalue weighted by Crippen LogP contribution is -2.37. The fourth-order valence-electron chi connectivity index (χ4n) is 3.58. The molecule has 1 aliphatic rings. The Morgan fingerprint density at radius 3 is 2.96 bits per heavy atom. The van der Waals surface area contributed by atoms with Gasteiger partial charge in [-0.3, -0.25) is 9.78 Å². The van der Waals surface area contributed by atoms with E-state index in [-0.39, 0.29) is 18.2 Å². The van der Waals surface area contributed by atoms with E-state index < -0.39 is 7.05 Å². The summed E-state index contributed by atoms with van der Waals surface area (Å²) in [5.41, 5.74) is 9.66. The molecule has 3 aromatic rings. The van der Waals surface area contributed by atoms with E-state index in [2.05, 4.69) is 10.2 Å². The number of nitrogens with one attached hydrogen (secondary N) is 1. The van der Waals surface area contributed by atoms with Crippen molar-refractivity contribution in [2.24, 2.45) is 5.73 Å². The predicted molar refractivity (Wildman–Crippen MR) is 103 cm³/mol. The molecule has 4 rings (SSSR count). The van der Waals surface area contributed by atoms with Crippen LogP contribution in [0, 0.1) is 0 Å².